The number of carbonyl (C=O) groups is 2. The van der Waals surface area contributed by atoms with Crippen LogP contribution in [-0.4, -0.2) is 17.0 Å². The molecule has 0 unspecified atom stereocenters. The van der Waals surface area contributed by atoms with E-state index in [4.69, 9.17) is 10.5 Å². The molecule has 1 aliphatic heterocycles. The standard InChI is InChI=1S/C15H11NO4/c16-14(17)10-6-5-9-7-8-3-1-2-4-11(8)20-13(9)12(10)15(18)19/h1-6H,7H2,(H2,16,17)(H,18,19). The summed E-state index contributed by atoms with van der Waals surface area (Å²) in [5.41, 5.74) is 6.70. The lowest BCUT2D eigenvalue weighted by Crippen LogP contribution is -2.19. The molecule has 0 fully saturated rings. The summed E-state index contributed by atoms with van der Waals surface area (Å²) in [6, 6.07) is 10.5. The van der Waals surface area contributed by atoms with E-state index in [-0.39, 0.29) is 16.9 Å². The van der Waals surface area contributed by atoms with E-state index >= 15 is 0 Å². The molecule has 3 N–H and O–H groups in total. The Kier molecular flexibility index (Phi) is 2.68. The molecule has 2 aromatic carbocycles. The number of nitrogens with two attached hydrogens (primary N) is 1. The van der Waals surface area contributed by atoms with E-state index in [2.05, 4.69) is 0 Å². The molecule has 0 radical (unpaired) electrons. The molecule has 3 rings (SSSR count). The summed E-state index contributed by atoms with van der Waals surface area (Å²) in [6.45, 7) is 0. The van der Waals surface area contributed by atoms with Crippen molar-refractivity contribution in [2.24, 2.45) is 5.73 Å². The minimum absolute atomic E-state index is 0.0457. The van der Waals surface area contributed by atoms with Gasteiger partial charge in [0.05, 0.1) is 5.56 Å². The number of carboxylic acid groups (broad SMARTS) is 1. The fourth-order valence-corrected chi connectivity index (χ4v) is 2.36. The minimum Gasteiger partial charge on any atom is -0.478 e. The lowest BCUT2D eigenvalue weighted by molar-refractivity contribution is 0.0688. The SMILES string of the molecule is NC(=O)c1ccc2c(c1C(=O)O)Oc1ccccc1C2. The van der Waals surface area contributed by atoms with Gasteiger partial charge in [-0.2, -0.15) is 0 Å². The molecule has 20 heavy (non-hydrogen) atoms. The molecule has 0 spiro atoms. The van der Waals surface area contributed by atoms with Gasteiger partial charge in [0.25, 0.3) is 0 Å². The summed E-state index contributed by atoms with van der Waals surface area (Å²) >= 11 is 0. The fourth-order valence-electron chi connectivity index (χ4n) is 2.36. The third kappa shape index (κ3) is 1.80. The van der Waals surface area contributed by atoms with E-state index in [1.54, 1.807) is 12.1 Å². The summed E-state index contributed by atoms with van der Waals surface area (Å²) in [7, 11) is 0. The Bertz CT molecular complexity index is 737. The van der Waals surface area contributed by atoms with E-state index in [1.165, 1.54) is 6.07 Å². The minimum atomic E-state index is -1.23. The van der Waals surface area contributed by atoms with Crippen molar-refractivity contribution in [1.29, 1.82) is 0 Å². The van der Waals surface area contributed by atoms with Gasteiger partial charge in [-0.25, -0.2) is 4.79 Å². The van der Waals surface area contributed by atoms with Crippen molar-refractivity contribution in [2.45, 2.75) is 6.42 Å². The zero-order valence-corrected chi connectivity index (χ0v) is 10.4. The average molecular weight is 269 g/mol. The average Bonchev–Trinajstić information content (AvgIpc) is 2.43. The molecular weight excluding hydrogens is 258 g/mol. The van der Waals surface area contributed by atoms with Gasteiger partial charge in [-0.3, -0.25) is 4.79 Å². The Morgan fingerprint density at radius 3 is 2.55 bits per heavy atom. The predicted octanol–water partition coefficient (Wildman–Crippen LogP) is 2.18. The van der Waals surface area contributed by atoms with Gasteiger partial charge in [0.2, 0.25) is 5.91 Å². The normalized spacial score (nSPS) is 12.0. The first-order valence-electron chi connectivity index (χ1n) is 6.02. The molecule has 1 amide bonds. The van der Waals surface area contributed by atoms with Crippen LogP contribution < -0.4 is 10.5 Å². The van der Waals surface area contributed by atoms with Crippen LogP contribution in [0.2, 0.25) is 0 Å². The third-order valence-electron chi connectivity index (χ3n) is 3.28. The van der Waals surface area contributed by atoms with Gasteiger partial charge in [0, 0.05) is 12.0 Å². The molecule has 0 saturated carbocycles. The highest BCUT2D eigenvalue weighted by Crippen LogP contribution is 2.39. The number of para-hydroxylation sites is 1. The second-order valence-electron chi connectivity index (χ2n) is 4.53. The van der Waals surface area contributed by atoms with Gasteiger partial charge in [-0.05, 0) is 17.7 Å². The van der Waals surface area contributed by atoms with Crippen molar-refractivity contribution in [2.75, 3.05) is 0 Å². The maximum atomic E-state index is 11.4. The number of fused-ring (bicyclic) bond motifs is 2. The van der Waals surface area contributed by atoms with Crippen LogP contribution in [0.5, 0.6) is 11.5 Å². The highest BCUT2D eigenvalue weighted by Gasteiger charge is 2.27. The molecule has 5 heteroatoms. The molecule has 2 aromatic rings. The number of rotatable bonds is 2. The number of amides is 1. The molecule has 0 aromatic heterocycles. The van der Waals surface area contributed by atoms with Crippen LogP contribution in [0.15, 0.2) is 36.4 Å². The van der Waals surface area contributed by atoms with Gasteiger partial charge < -0.3 is 15.6 Å². The Balaban J connectivity index is 2.21. The van der Waals surface area contributed by atoms with Crippen molar-refractivity contribution in [3.05, 3.63) is 58.7 Å². The van der Waals surface area contributed by atoms with Crippen molar-refractivity contribution in [3.63, 3.8) is 0 Å². The molecule has 0 saturated heterocycles. The molecule has 1 heterocycles. The van der Waals surface area contributed by atoms with Crippen LogP contribution in [-0.2, 0) is 6.42 Å². The second-order valence-corrected chi connectivity index (χ2v) is 4.53. The fraction of sp³-hybridized carbons (Fsp3) is 0.0667. The Morgan fingerprint density at radius 2 is 1.85 bits per heavy atom. The number of hydrogen-bond donors (Lipinski definition) is 2. The van der Waals surface area contributed by atoms with Crippen molar-refractivity contribution >= 4 is 11.9 Å². The largest absolute Gasteiger partial charge is 0.478 e. The van der Waals surface area contributed by atoms with E-state index < -0.39 is 11.9 Å². The van der Waals surface area contributed by atoms with Crippen LogP contribution in [0.1, 0.15) is 31.8 Å². The molecule has 100 valence electrons. The molecule has 0 aliphatic carbocycles. The van der Waals surface area contributed by atoms with Crippen molar-refractivity contribution in [3.8, 4) is 11.5 Å². The van der Waals surface area contributed by atoms with E-state index in [9.17, 15) is 14.7 Å². The zero-order chi connectivity index (χ0) is 14.3. The van der Waals surface area contributed by atoms with E-state index in [0.29, 0.717) is 12.2 Å². The number of aromatic carboxylic acids is 1. The Morgan fingerprint density at radius 1 is 1.10 bits per heavy atom. The first-order valence-corrected chi connectivity index (χ1v) is 6.02. The number of hydrogen-bond acceptors (Lipinski definition) is 3. The smallest absolute Gasteiger partial charge is 0.340 e. The highest BCUT2D eigenvalue weighted by molar-refractivity contribution is 6.06. The topological polar surface area (TPSA) is 89.6 Å². The van der Waals surface area contributed by atoms with E-state index in [0.717, 1.165) is 11.1 Å². The predicted molar refractivity (Wildman–Crippen MR) is 71.2 cm³/mol. The molecular formula is C15H11NO4. The van der Waals surface area contributed by atoms with Crippen LogP contribution in [0.4, 0.5) is 0 Å². The maximum Gasteiger partial charge on any atom is 0.340 e. The first kappa shape index (κ1) is 12.2. The molecule has 1 aliphatic rings. The Labute approximate surface area is 114 Å². The number of ether oxygens (including phenoxy) is 1. The Hall–Kier alpha value is -2.82. The molecule has 5 nitrogen and oxygen atoms in total. The number of carboxylic acids is 1. The van der Waals surface area contributed by atoms with Gasteiger partial charge in [0.15, 0.2) is 0 Å². The van der Waals surface area contributed by atoms with Crippen molar-refractivity contribution < 1.29 is 19.4 Å². The highest BCUT2D eigenvalue weighted by atomic mass is 16.5. The monoisotopic (exact) mass is 269 g/mol. The quantitative estimate of drug-likeness (QED) is 0.746. The maximum absolute atomic E-state index is 11.4. The van der Waals surface area contributed by atoms with Crippen LogP contribution >= 0.6 is 0 Å². The third-order valence-corrected chi connectivity index (χ3v) is 3.28. The van der Waals surface area contributed by atoms with E-state index in [1.807, 2.05) is 18.2 Å². The number of carbonyl (C=O) groups excluding carboxylic acids is 1. The van der Waals surface area contributed by atoms with Crippen LogP contribution in [0.3, 0.4) is 0 Å². The van der Waals surface area contributed by atoms with Gasteiger partial charge in [-0.15, -0.1) is 0 Å². The summed E-state index contributed by atoms with van der Waals surface area (Å²) in [4.78, 5) is 22.8. The first-order chi connectivity index (χ1) is 9.58. The summed E-state index contributed by atoms with van der Waals surface area (Å²) in [5.74, 6) is -1.21. The summed E-state index contributed by atoms with van der Waals surface area (Å²) < 4.78 is 5.67. The van der Waals surface area contributed by atoms with Gasteiger partial charge in [0.1, 0.15) is 17.1 Å². The zero-order valence-electron chi connectivity index (χ0n) is 10.4. The lowest BCUT2D eigenvalue weighted by atomic mass is 9.94. The lowest BCUT2D eigenvalue weighted by Gasteiger charge is -2.22. The van der Waals surface area contributed by atoms with Crippen molar-refractivity contribution in [1.82, 2.24) is 0 Å². The summed E-state index contributed by atoms with van der Waals surface area (Å²) in [5, 5.41) is 9.33. The second kappa shape index (κ2) is 4.38. The van der Waals surface area contributed by atoms with Gasteiger partial charge in [-0.1, -0.05) is 24.3 Å². The molecule has 0 atom stereocenters. The summed E-state index contributed by atoms with van der Waals surface area (Å²) in [6.07, 6.45) is 0.560. The van der Waals surface area contributed by atoms with Crippen LogP contribution in [0.25, 0.3) is 0 Å². The van der Waals surface area contributed by atoms with Gasteiger partial charge >= 0.3 is 5.97 Å². The molecule has 0 bridgehead atoms. The number of primary amides is 1. The number of benzene rings is 2. The van der Waals surface area contributed by atoms with Crippen LogP contribution in [0, 0.1) is 0 Å².